The van der Waals surface area contributed by atoms with Gasteiger partial charge in [0.05, 0.1) is 6.07 Å². The van der Waals surface area contributed by atoms with E-state index in [0.29, 0.717) is 6.61 Å². The number of benzene rings is 2. The molecule has 2 aromatic rings. The minimum Gasteiger partial charge on any atom is -0.488 e. The van der Waals surface area contributed by atoms with E-state index in [2.05, 4.69) is 39.0 Å². The average molecular weight is 347 g/mol. The van der Waals surface area contributed by atoms with Crippen molar-refractivity contribution >= 4 is 6.08 Å². The Bertz CT molecular complexity index is 874. The van der Waals surface area contributed by atoms with E-state index in [1.807, 2.05) is 31.2 Å². The van der Waals surface area contributed by atoms with E-state index in [0.717, 1.165) is 46.6 Å². The van der Waals surface area contributed by atoms with Gasteiger partial charge in [-0.3, -0.25) is 0 Å². The van der Waals surface area contributed by atoms with Crippen LogP contribution in [0.5, 0.6) is 11.5 Å². The smallest absolute Gasteiger partial charge is 0.131 e. The number of allylic oxidation sites excluding steroid dienone is 1. The molecule has 3 heteroatoms. The third-order valence-corrected chi connectivity index (χ3v) is 4.96. The monoisotopic (exact) mass is 347 g/mol. The van der Waals surface area contributed by atoms with Gasteiger partial charge in [-0.15, -0.1) is 0 Å². The standard InChI is InChI=1S/C23H25NO2/c1-16-19(11-8-14-24)22-20(12-13-23(3,4)26-22)17(2)21(16)25-15-18-9-6-5-7-10-18/h5-11H,12-13,15H2,1-4H3/b11-8+. The molecular weight excluding hydrogens is 322 g/mol. The van der Waals surface area contributed by atoms with E-state index in [1.165, 1.54) is 11.6 Å². The maximum absolute atomic E-state index is 8.99. The van der Waals surface area contributed by atoms with Crippen LogP contribution >= 0.6 is 0 Å². The zero-order valence-corrected chi connectivity index (χ0v) is 15.9. The maximum Gasteiger partial charge on any atom is 0.131 e. The Hall–Kier alpha value is -2.73. The van der Waals surface area contributed by atoms with Gasteiger partial charge in [-0.2, -0.15) is 5.26 Å². The van der Waals surface area contributed by atoms with Crippen LogP contribution in [0.1, 0.15) is 48.1 Å². The summed E-state index contributed by atoms with van der Waals surface area (Å²) in [6, 6.07) is 12.2. The first-order valence-corrected chi connectivity index (χ1v) is 9.01. The van der Waals surface area contributed by atoms with Crippen LogP contribution in [0.2, 0.25) is 0 Å². The molecule has 0 saturated carbocycles. The highest BCUT2D eigenvalue weighted by molar-refractivity contribution is 5.71. The molecular formula is C23H25NO2. The predicted molar refractivity (Wildman–Crippen MR) is 104 cm³/mol. The Labute approximate surface area is 155 Å². The van der Waals surface area contributed by atoms with E-state index >= 15 is 0 Å². The van der Waals surface area contributed by atoms with Gasteiger partial charge in [0.15, 0.2) is 0 Å². The summed E-state index contributed by atoms with van der Waals surface area (Å²) >= 11 is 0. The highest BCUT2D eigenvalue weighted by Crippen LogP contribution is 2.44. The van der Waals surface area contributed by atoms with Gasteiger partial charge < -0.3 is 9.47 Å². The van der Waals surface area contributed by atoms with Crippen molar-refractivity contribution in [2.24, 2.45) is 0 Å². The largest absolute Gasteiger partial charge is 0.488 e. The van der Waals surface area contributed by atoms with E-state index in [9.17, 15) is 0 Å². The fourth-order valence-corrected chi connectivity index (χ4v) is 3.48. The first-order valence-electron chi connectivity index (χ1n) is 9.01. The second-order valence-corrected chi connectivity index (χ2v) is 7.40. The Morgan fingerprint density at radius 2 is 1.92 bits per heavy atom. The lowest BCUT2D eigenvalue weighted by atomic mass is 9.87. The lowest BCUT2D eigenvalue weighted by molar-refractivity contribution is 0.0837. The van der Waals surface area contributed by atoms with Crippen LogP contribution in [-0.4, -0.2) is 5.60 Å². The van der Waals surface area contributed by atoms with Crippen molar-refractivity contribution in [3.8, 4) is 17.6 Å². The van der Waals surface area contributed by atoms with E-state index < -0.39 is 0 Å². The molecule has 0 aromatic heterocycles. The number of rotatable bonds is 4. The molecule has 3 nitrogen and oxygen atoms in total. The summed E-state index contributed by atoms with van der Waals surface area (Å²) in [6.07, 6.45) is 5.25. The summed E-state index contributed by atoms with van der Waals surface area (Å²) in [7, 11) is 0. The predicted octanol–water partition coefficient (Wildman–Crippen LogP) is 5.52. The summed E-state index contributed by atoms with van der Waals surface area (Å²) in [5, 5.41) is 8.99. The zero-order chi connectivity index (χ0) is 18.7. The Kier molecular flexibility index (Phi) is 5.04. The molecule has 0 unspecified atom stereocenters. The van der Waals surface area contributed by atoms with Crippen LogP contribution < -0.4 is 9.47 Å². The number of ether oxygens (including phenoxy) is 2. The van der Waals surface area contributed by atoms with Crippen LogP contribution in [0.15, 0.2) is 36.4 Å². The van der Waals surface area contributed by atoms with Gasteiger partial charge in [0.25, 0.3) is 0 Å². The third kappa shape index (κ3) is 3.60. The second kappa shape index (κ2) is 7.25. The third-order valence-electron chi connectivity index (χ3n) is 4.96. The van der Waals surface area contributed by atoms with Gasteiger partial charge >= 0.3 is 0 Å². The van der Waals surface area contributed by atoms with Gasteiger partial charge in [-0.05, 0) is 57.7 Å². The van der Waals surface area contributed by atoms with Gasteiger partial charge in [0.2, 0.25) is 0 Å². The van der Waals surface area contributed by atoms with Crippen LogP contribution in [0, 0.1) is 25.2 Å². The molecule has 3 rings (SSSR count). The van der Waals surface area contributed by atoms with Gasteiger partial charge in [-0.1, -0.05) is 30.3 Å². The van der Waals surface area contributed by atoms with Crippen LogP contribution in [0.4, 0.5) is 0 Å². The molecule has 1 heterocycles. The summed E-state index contributed by atoms with van der Waals surface area (Å²) in [5.74, 6) is 1.79. The minimum atomic E-state index is -0.201. The number of hydrogen-bond donors (Lipinski definition) is 0. The van der Waals surface area contributed by atoms with Crippen molar-refractivity contribution < 1.29 is 9.47 Å². The minimum absolute atomic E-state index is 0.201. The highest BCUT2D eigenvalue weighted by atomic mass is 16.5. The molecule has 0 spiro atoms. The average Bonchev–Trinajstić information content (AvgIpc) is 2.61. The van der Waals surface area contributed by atoms with Crippen molar-refractivity contribution in [2.45, 2.75) is 52.7 Å². The Balaban J connectivity index is 2.05. The molecule has 1 aliphatic rings. The molecule has 0 N–H and O–H groups in total. The van der Waals surface area contributed by atoms with E-state index in [4.69, 9.17) is 14.7 Å². The van der Waals surface area contributed by atoms with Crippen LogP contribution in [-0.2, 0) is 13.0 Å². The van der Waals surface area contributed by atoms with Gasteiger partial charge in [-0.25, -0.2) is 0 Å². The SMILES string of the molecule is Cc1c(/C=C/C#N)c2c(c(C)c1OCc1ccccc1)CCC(C)(C)O2. The Morgan fingerprint density at radius 3 is 2.62 bits per heavy atom. The van der Waals surface area contributed by atoms with Crippen molar-refractivity contribution in [3.05, 3.63) is 64.2 Å². The zero-order valence-electron chi connectivity index (χ0n) is 15.9. The van der Waals surface area contributed by atoms with Crippen molar-refractivity contribution in [2.75, 3.05) is 0 Å². The number of fused-ring (bicyclic) bond motifs is 1. The second-order valence-electron chi connectivity index (χ2n) is 7.40. The van der Waals surface area contributed by atoms with Gasteiger partial charge in [0, 0.05) is 22.8 Å². The van der Waals surface area contributed by atoms with Crippen molar-refractivity contribution in [1.29, 1.82) is 5.26 Å². The normalized spacial score (nSPS) is 15.2. The topological polar surface area (TPSA) is 42.2 Å². The summed E-state index contributed by atoms with van der Waals surface area (Å²) in [4.78, 5) is 0. The molecule has 26 heavy (non-hydrogen) atoms. The number of nitriles is 1. The van der Waals surface area contributed by atoms with E-state index in [-0.39, 0.29) is 5.60 Å². The fourth-order valence-electron chi connectivity index (χ4n) is 3.48. The molecule has 0 aliphatic carbocycles. The first kappa shape index (κ1) is 18.1. The molecule has 0 bridgehead atoms. The van der Waals surface area contributed by atoms with E-state index in [1.54, 1.807) is 0 Å². The molecule has 2 aromatic carbocycles. The molecule has 1 aliphatic heterocycles. The lowest BCUT2D eigenvalue weighted by Gasteiger charge is -2.35. The fraction of sp³-hybridized carbons (Fsp3) is 0.348. The molecule has 0 saturated heterocycles. The highest BCUT2D eigenvalue weighted by Gasteiger charge is 2.31. The number of nitrogens with zero attached hydrogens (tertiary/aromatic N) is 1. The summed E-state index contributed by atoms with van der Waals surface area (Å²) < 4.78 is 12.5. The van der Waals surface area contributed by atoms with Crippen molar-refractivity contribution in [3.63, 3.8) is 0 Å². The molecule has 0 atom stereocenters. The molecule has 134 valence electrons. The first-order chi connectivity index (χ1) is 12.4. The maximum atomic E-state index is 8.99. The summed E-state index contributed by atoms with van der Waals surface area (Å²) in [6.45, 7) is 8.88. The van der Waals surface area contributed by atoms with Crippen LogP contribution in [0.3, 0.4) is 0 Å². The Morgan fingerprint density at radius 1 is 1.19 bits per heavy atom. The molecule has 0 radical (unpaired) electrons. The van der Waals surface area contributed by atoms with Gasteiger partial charge in [0.1, 0.15) is 23.7 Å². The molecule has 0 fully saturated rings. The summed E-state index contributed by atoms with van der Waals surface area (Å²) in [5.41, 5.74) is 5.22. The quantitative estimate of drug-likeness (QED) is 0.684. The van der Waals surface area contributed by atoms with Crippen LogP contribution in [0.25, 0.3) is 6.08 Å². The lowest BCUT2D eigenvalue weighted by Crippen LogP contribution is -2.33. The number of hydrogen-bond acceptors (Lipinski definition) is 3. The molecule has 0 amide bonds. The van der Waals surface area contributed by atoms with Crippen molar-refractivity contribution in [1.82, 2.24) is 0 Å².